The molecule has 0 aliphatic heterocycles. The third kappa shape index (κ3) is 3.51. The summed E-state index contributed by atoms with van der Waals surface area (Å²) in [6, 6.07) is 5.89. The van der Waals surface area contributed by atoms with Gasteiger partial charge in [-0.1, -0.05) is 25.1 Å². The highest BCUT2D eigenvalue weighted by atomic mass is 32.2. The predicted molar refractivity (Wildman–Crippen MR) is 68.6 cm³/mol. The first-order valence-corrected chi connectivity index (χ1v) is 6.73. The Kier molecular flexibility index (Phi) is 4.60. The number of benzene rings is 1. The smallest absolute Gasteiger partial charge is 0.240 e. The average molecular weight is 255 g/mol. The van der Waals surface area contributed by atoms with Crippen molar-refractivity contribution in [1.29, 1.82) is 0 Å². The zero-order valence-electron chi connectivity index (χ0n) is 9.64. The van der Waals surface area contributed by atoms with E-state index in [2.05, 4.69) is 11.3 Å². The van der Waals surface area contributed by atoms with Gasteiger partial charge in [0.05, 0.1) is 4.90 Å². The van der Waals surface area contributed by atoms with Crippen LogP contribution >= 0.6 is 0 Å². The molecule has 5 heteroatoms. The summed E-state index contributed by atoms with van der Waals surface area (Å²) in [5, 5.41) is 0. The van der Waals surface area contributed by atoms with Gasteiger partial charge < -0.3 is 0 Å². The second-order valence-corrected chi connectivity index (χ2v) is 5.21. The fourth-order valence-corrected chi connectivity index (χ4v) is 2.27. The van der Waals surface area contributed by atoms with Gasteiger partial charge >= 0.3 is 0 Å². The zero-order chi connectivity index (χ0) is 12.9. The first kappa shape index (κ1) is 13.6. The summed E-state index contributed by atoms with van der Waals surface area (Å²) < 4.78 is 25.8. The fraction of sp³-hybridized carbons (Fsp3) is 0.250. The van der Waals surface area contributed by atoms with Crippen LogP contribution in [0.4, 0.5) is 0 Å². The molecule has 0 bridgehead atoms. The molecular weight excluding hydrogens is 238 g/mol. The first-order valence-electron chi connectivity index (χ1n) is 5.25. The van der Waals surface area contributed by atoms with Gasteiger partial charge in [-0.05, 0) is 12.1 Å². The molecule has 0 atom stereocenters. The Morgan fingerprint density at radius 2 is 2.00 bits per heavy atom. The summed E-state index contributed by atoms with van der Waals surface area (Å²) in [4.78, 5) is 11.5. The highest BCUT2D eigenvalue weighted by Gasteiger charge is 2.13. The molecule has 0 spiro atoms. The van der Waals surface area contributed by atoms with E-state index in [1.165, 1.54) is 30.3 Å². The van der Waals surface area contributed by atoms with Crippen LogP contribution in [-0.2, 0) is 10.0 Å². The number of nitrogens with one attached hydrogen (secondary N) is 1. The van der Waals surface area contributed by atoms with Crippen LogP contribution in [0.3, 0.4) is 0 Å². The molecule has 1 aromatic rings. The van der Waals surface area contributed by atoms with E-state index in [0.29, 0.717) is 12.0 Å². The molecule has 17 heavy (non-hydrogen) atoms. The maximum absolute atomic E-state index is 11.7. The average Bonchev–Trinajstić information content (AvgIpc) is 2.35. The van der Waals surface area contributed by atoms with E-state index in [4.69, 9.17) is 0 Å². The van der Waals surface area contributed by atoms with Crippen LogP contribution in [0, 0.1) is 0 Å². The summed E-state index contributed by atoms with van der Waals surface area (Å²) in [6.45, 7) is 5.38. The van der Waals surface area contributed by atoms with Gasteiger partial charge in [-0.15, -0.1) is 6.58 Å². The van der Waals surface area contributed by atoms with Crippen LogP contribution in [0.15, 0.2) is 41.8 Å². The van der Waals surface area contributed by atoms with Crippen LogP contribution in [0.1, 0.15) is 25.1 Å². The van der Waals surface area contributed by atoms with Gasteiger partial charge in [0.15, 0.2) is 5.78 Å². The summed E-state index contributed by atoms with van der Waals surface area (Å²) in [5.41, 5.74) is 0.523. The molecule has 1 N–H and O–H groups in total. The standard InChI is InChI=1S/C12H15NO3S.H2/c1-3-9-13-17(15,16)11-7-5-10(6-8-11)12(14)4-2;/h3,5-8,13H,1,4,9H2,2H3;1H. The van der Waals surface area contributed by atoms with Gasteiger partial charge in [-0.2, -0.15) is 0 Å². The van der Waals surface area contributed by atoms with Crippen molar-refractivity contribution in [1.82, 2.24) is 4.72 Å². The highest BCUT2D eigenvalue weighted by Crippen LogP contribution is 2.11. The Hall–Kier alpha value is -1.46. The van der Waals surface area contributed by atoms with Gasteiger partial charge in [0, 0.05) is 20.0 Å². The number of ketones is 1. The largest absolute Gasteiger partial charge is 0.294 e. The Morgan fingerprint density at radius 1 is 1.41 bits per heavy atom. The molecule has 0 aliphatic rings. The van der Waals surface area contributed by atoms with E-state index in [0.717, 1.165) is 0 Å². The second-order valence-electron chi connectivity index (χ2n) is 3.44. The number of hydrogen-bond acceptors (Lipinski definition) is 3. The Morgan fingerprint density at radius 3 is 2.47 bits per heavy atom. The molecule has 0 aromatic heterocycles. The summed E-state index contributed by atoms with van der Waals surface area (Å²) in [5.74, 6) is -0.00648. The van der Waals surface area contributed by atoms with E-state index in [1.54, 1.807) is 6.92 Å². The number of sulfonamides is 1. The third-order valence-corrected chi connectivity index (χ3v) is 3.66. The molecule has 0 amide bonds. The van der Waals surface area contributed by atoms with Crippen molar-refractivity contribution in [2.45, 2.75) is 18.2 Å². The first-order chi connectivity index (χ1) is 8.01. The maximum atomic E-state index is 11.7. The lowest BCUT2D eigenvalue weighted by molar-refractivity contribution is 0.0988. The van der Waals surface area contributed by atoms with Crippen LogP contribution in [0.2, 0.25) is 0 Å². The minimum atomic E-state index is -3.50. The van der Waals surface area contributed by atoms with E-state index >= 15 is 0 Å². The Bertz CT molecular complexity index is 509. The zero-order valence-corrected chi connectivity index (χ0v) is 10.5. The van der Waals surface area contributed by atoms with Crippen LogP contribution in [0.5, 0.6) is 0 Å². The molecule has 94 valence electrons. The van der Waals surface area contributed by atoms with Crippen LogP contribution in [0.25, 0.3) is 0 Å². The van der Waals surface area contributed by atoms with Crippen molar-refractivity contribution in [2.75, 3.05) is 6.54 Å². The molecule has 0 aliphatic carbocycles. The van der Waals surface area contributed by atoms with Gasteiger partial charge in [0.2, 0.25) is 10.0 Å². The van der Waals surface area contributed by atoms with Gasteiger partial charge in [0.25, 0.3) is 0 Å². The molecule has 1 rings (SSSR count). The normalized spacial score (nSPS) is 11.1. The fourth-order valence-electron chi connectivity index (χ4n) is 1.28. The summed E-state index contributed by atoms with van der Waals surface area (Å²) >= 11 is 0. The molecule has 4 nitrogen and oxygen atoms in total. The molecule has 0 unspecified atom stereocenters. The highest BCUT2D eigenvalue weighted by molar-refractivity contribution is 7.89. The molecule has 1 aromatic carbocycles. The Labute approximate surface area is 103 Å². The lowest BCUT2D eigenvalue weighted by Gasteiger charge is -2.05. The maximum Gasteiger partial charge on any atom is 0.240 e. The van der Waals surface area contributed by atoms with Crippen molar-refractivity contribution < 1.29 is 14.6 Å². The van der Waals surface area contributed by atoms with E-state index in [9.17, 15) is 13.2 Å². The van der Waals surface area contributed by atoms with E-state index < -0.39 is 10.0 Å². The van der Waals surface area contributed by atoms with Gasteiger partial charge in [-0.3, -0.25) is 4.79 Å². The van der Waals surface area contributed by atoms with E-state index in [1.807, 2.05) is 0 Å². The van der Waals surface area contributed by atoms with Crippen molar-refractivity contribution in [3.8, 4) is 0 Å². The minimum Gasteiger partial charge on any atom is -0.294 e. The number of rotatable bonds is 6. The van der Waals surface area contributed by atoms with Gasteiger partial charge in [-0.25, -0.2) is 13.1 Å². The lowest BCUT2D eigenvalue weighted by Crippen LogP contribution is -2.23. The lowest BCUT2D eigenvalue weighted by atomic mass is 10.1. The van der Waals surface area contributed by atoms with Crippen molar-refractivity contribution >= 4 is 15.8 Å². The quantitative estimate of drug-likeness (QED) is 0.624. The Balaban J connectivity index is 0.00000289. The molecule has 0 saturated carbocycles. The number of carbonyl (C=O) groups is 1. The van der Waals surface area contributed by atoms with Crippen molar-refractivity contribution in [3.63, 3.8) is 0 Å². The number of Topliss-reactive ketones (excluding diaryl/α,β-unsaturated/α-hetero) is 1. The third-order valence-electron chi connectivity index (χ3n) is 2.23. The summed E-state index contributed by atoms with van der Waals surface area (Å²) in [7, 11) is -3.50. The van der Waals surface area contributed by atoms with Crippen molar-refractivity contribution in [3.05, 3.63) is 42.5 Å². The predicted octanol–water partition coefficient (Wildman–Crippen LogP) is 1.99. The molecule has 0 radical (unpaired) electrons. The van der Waals surface area contributed by atoms with Crippen LogP contribution in [-0.4, -0.2) is 20.7 Å². The molecular formula is C12H17NO3S. The summed E-state index contributed by atoms with van der Waals surface area (Å²) in [6.07, 6.45) is 1.87. The van der Waals surface area contributed by atoms with Gasteiger partial charge in [0.1, 0.15) is 0 Å². The van der Waals surface area contributed by atoms with E-state index in [-0.39, 0.29) is 18.7 Å². The van der Waals surface area contributed by atoms with Crippen LogP contribution < -0.4 is 4.72 Å². The molecule has 0 heterocycles. The topological polar surface area (TPSA) is 63.2 Å². The number of hydrogen-bond donors (Lipinski definition) is 1. The van der Waals surface area contributed by atoms with Crippen molar-refractivity contribution in [2.24, 2.45) is 0 Å². The molecule has 0 saturated heterocycles. The SMILES string of the molecule is C=CCNS(=O)(=O)c1ccc(C(=O)CC)cc1.[HH]. The second kappa shape index (κ2) is 5.75. The monoisotopic (exact) mass is 255 g/mol. The minimum absolute atomic E-state index is 0. The number of carbonyl (C=O) groups excluding carboxylic acids is 1. The molecule has 0 fully saturated rings.